The average Bonchev–Trinajstić information content (AvgIpc) is 2.57. The molecule has 22 heavy (non-hydrogen) atoms. The first-order chi connectivity index (χ1) is 10.8. The Morgan fingerprint density at radius 3 is 2.86 bits per heavy atom. The summed E-state index contributed by atoms with van der Waals surface area (Å²) in [6.45, 7) is 0.770. The Bertz CT molecular complexity index is 845. The lowest BCUT2D eigenvalue weighted by Crippen LogP contribution is -2.25. The Morgan fingerprint density at radius 1 is 1.14 bits per heavy atom. The Kier molecular flexibility index (Phi) is 4.39. The van der Waals surface area contributed by atoms with E-state index in [9.17, 15) is 4.79 Å². The van der Waals surface area contributed by atoms with E-state index in [-0.39, 0.29) is 5.56 Å². The molecule has 0 radical (unpaired) electrons. The number of fused-ring (bicyclic) bond motifs is 1. The van der Waals surface area contributed by atoms with Gasteiger partial charge in [-0.05, 0) is 23.8 Å². The fraction of sp³-hybridized carbons (Fsp3) is 0.176. The fourth-order valence-corrected chi connectivity index (χ4v) is 2.42. The van der Waals surface area contributed by atoms with Gasteiger partial charge in [0.1, 0.15) is 12.4 Å². The molecule has 0 aliphatic carbocycles. The molecule has 0 aliphatic heterocycles. The third-order valence-electron chi connectivity index (χ3n) is 3.39. The molecule has 2 aromatic carbocycles. The van der Waals surface area contributed by atoms with Gasteiger partial charge in [0.15, 0.2) is 0 Å². The first-order valence-corrected chi connectivity index (χ1v) is 7.54. The van der Waals surface area contributed by atoms with Crippen molar-refractivity contribution in [1.82, 2.24) is 9.78 Å². The van der Waals surface area contributed by atoms with Gasteiger partial charge in [-0.1, -0.05) is 30.3 Å². The molecule has 1 heterocycles. The highest BCUT2D eigenvalue weighted by atomic mass is 35.5. The van der Waals surface area contributed by atoms with E-state index in [1.54, 1.807) is 12.3 Å². The summed E-state index contributed by atoms with van der Waals surface area (Å²) in [5, 5.41) is 5.69. The highest BCUT2D eigenvalue weighted by Crippen LogP contribution is 2.14. The summed E-state index contributed by atoms with van der Waals surface area (Å²) in [5.41, 5.74) is 0.899. The van der Waals surface area contributed by atoms with Crippen molar-refractivity contribution in [2.45, 2.75) is 12.4 Å². The van der Waals surface area contributed by atoms with Crippen molar-refractivity contribution >= 4 is 22.4 Å². The van der Waals surface area contributed by atoms with Crippen LogP contribution in [0.15, 0.2) is 59.5 Å². The highest BCUT2D eigenvalue weighted by Gasteiger charge is 2.03. The predicted octanol–water partition coefficient (Wildman–Crippen LogP) is 3.21. The third-order valence-corrected chi connectivity index (χ3v) is 3.70. The molecule has 0 fully saturated rings. The van der Waals surface area contributed by atoms with E-state index in [0.717, 1.165) is 16.7 Å². The topological polar surface area (TPSA) is 44.1 Å². The van der Waals surface area contributed by atoms with Crippen LogP contribution in [0.4, 0.5) is 0 Å². The molecule has 0 unspecified atom stereocenters. The number of ether oxygens (including phenoxy) is 1. The minimum atomic E-state index is -0.101. The average molecular weight is 315 g/mol. The maximum absolute atomic E-state index is 12.3. The lowest BCUT2D eigenvalue weighted by molar-refractivity contribution is 0.288. The SMILES string of the molecule is O=c1c2ccccc2cnn1CCOc1cccc(CCl)c1. The Labute approximate surface area is 132 Å². The van der Waals surface area contributed by atoms with Crippen molar-refractivity contribution in [3.8, 4) is 5.75 Å². The van der Waals surface area contributed by atoms with Crippen LogP contribution in [-0.2, 0) is 12.4 Å². The molecule has 5 heteroatoms. The van der Waals surface area contributed by atoms with Crippen molar-refractivity contribution < 1.29 is 4.74 Å². The van der Waals surface area contributed by atoms with Crippen molar-refractivity contribution in [3.05, 3.63) is 70.6 Å². The number of halogens is 1. The molecule has 3 aromatic rings. The monoisotopic (exact) mass is 314 g/mol. The summed E-state index contributed by atoms with van der Waals surface area (Å²) in [5.74, 6) is 1.19. The summed E-state index contributed by atoms with van der Waals surface area (Å²) < 4.78 is 7.09. The Morgan fingerprint density at radius 2 is 2.00 bits per heavy atom. The molecule has 4 nitrogen and oxygen atoms in total. The molecule has 0 amide bonds. The van der Waals surface area contributed by atoms with Gasteiger partial charge >= 0.3 is 0 Å². The van der Waals surface area contributed by atoms with Crippen LogP contribution in [0.5, 0.6) is 5.75 Å². The van der Waals surface area contributed by atoms with Crippen LogP contribution >= 0.6 is 11.6 Å². The van der Waals surface area contributed by atoms with Crippen LogP contribution in [0, 0.1) is 0 Å². The number of benzene rings is 2. The van der Waals surface area contributed by atoms with Gasteiger partial charge in [0.25, 0.3) is 5.56 Å². The molecule has 1 aromatic heterocycles. The number of nitrogens with zero attached hydrogens (tertiary/aromatic N) is 2. The maximum atomic E-state index is 12.3. The summed E-state index contributed by atoms with van der Waals surface area (Å²) >= 11 is 5.79. The molecule has 0 N–H and O–H groups in total. The smallest absolute Gasteiger partial charge is 0.274 e. The van der Waals surface area contributed by atoms with E-state index < -0.39 is 0 Å². The minimum absolute atomic E-state index is 0.101. The van der Waals surface area contributed by atoms with E-state index >= 15 is 0 Å². The van der Waals surface area contributed by atoms with Gasteiger partial charge in [0.2, 0.25) is 0 Å². The van der Waals surface area contributed by atoms with Gasteiger partial charge in [0, 0.05) is 11.3 Å². The number of rotatable bonds is 5. The van der Waals surface area contributed by atoms with Gasteiger partial charge < -0.3 is 4.74 Å². The van der Waals surface area contributed by atoms with Gasteiger partial charge in [-0.15, -0.1) is 11.6 Å². The molecule has 0 saturated carbocycles. The Balaban J connectivity index is 1.71. The number of alkyl halides is 1. The van der Waals surface area contributed by atoms with E-state index in [1.807, 2.05) is 42.5 Å². The quantitative estimate of drug-likeness (QED) is 0.679. The summed E-state index contributed by atoms with van der Waals surface area (Å²) in [6, 6.07) is 15.0. The van der Waals surface area contributed by atoms with Gasteiger partial charge in [-0.3, -0.25) is 4.79 Å². The maximum Gasteiger partial charge on any atom is 0.274 e. The number of hydrogen-bond donors (Lipinski definition) is 0. The minimum Gasteiger partial charge on any atom is -0.492 e. The highest BCUT2D eigenvalue weighted by molar-refractivity contribution is 6.17. The lowest BCUT2D eigenvalue weighted by atomic mass is 10.2. The molecule has 0 atom stereocenters. The van der Waals surface area contributed by atoms with E-state index in [4.69, 9.17) is 16.3 Å². The lowest BCUT2D eigenvalue weighted by Gasteiger charge is -2.09. The van der Waals surface area contributed by atoms with Crippen LogP contribution in [0.1, 0.15) is 5.56 Å². The van der Waals surface area contributed by atoms with Crippen LogP contribution in [0.3, 0.4) is 0 Å². The van der Waals surface area contributed by atoms with E-state index in [0.29, 0.717) is 24.4 Å². The summed E-state index contributed by atoms with van der Waals surface area (Å²) in [7, 11) is 0. The largest absolute Gasteiger partial charge is 0.492 e. The molecular weight excluding hydrogens is 300 g/mol. The van der Waals surface area contributed by atoms with Gasteiger partial charge in [-0.25, -0.2) is 4.68 Å². The van der Waals surface area contributed by atoms with Crippen LogP contribution < -0.4 is 10.3 Å². The fourth-order valence-electron chi connectivity index (χ4n) is 2.26. The Hall–Kier alpha value is -2.33. The first kappa shape index (κ1) is 14.6. The molecule has 112 valence electrons. The summed E-state index contributed by atoms with van der Waals surface area (Å²) in [6.07, 6.45) is 1.70. The van der Waals surface area contributed by atoms with Crippen LogP contribution in [0.25, 0.3) is 10.8 Å². The second-order valence-electron chi connectivity index (χ2n) is 4.89. The van der Waals surface area contributed by atoms with Crippen molar-refractivity contribution in [3.63, 3.8) is 0 Å². The second-order valence-corrected chi connectivity index (χ2v) is 5.16. The van der Waals surface area contributed by atoms with E-state index in [2.05, 4.69) is 5.10 Å². The first-order valence-electron chi connectivity index (χ1n) is 7.00. The van der Waals surface area contributed by atoms with Crippen LogP contribution in [0.2, 0.25) is 0 Å². The number of hydrogen-bond acceptors (Lipinski definition) is 3. The zero-order valence-corrected chi connectivity index (χ0v) is 12.7. The molecule has 0 bridgehead atoms. The van der Waals surface area contributed by atoms with Crippen molar-refractivity contribution in [2.24, 2.45) is 0 Å². The summed E-state index contributed by atoms with van der Waals surface area (Å²) in [4.78, 5) is 12.3. The van der Waals surface area contributed by atoms with Crippen molar-refractivity contribution in [2.75, 3.05) is 6.61 Å². The standard InChI is InChI=1S/C17H15ClN2O2/c18-11-13-4-3-6-15(10-13)22-9-8-20-17(21)16-7-2-1-5-14(16)12-19-20/h1-7,10,12H,8-9,11H2. The molecule has 0 saturated heterocycles. The predicted molar refractivity (Wildman–Crippen MR) is 87.5 cm³/mol. The molecule has 0 spiro atoms. The van der Waals surface area contributed by atoms with Gasteiger partial charge in [0.05, 0.1) is 18.1 Å². The van der Waals surface area contributed by atoms with Gasteiger partial charge in [-0.2, -0.15) is 5.10 Å². The van der Waals surface area contributed by atoms with Crippen LogP contribution in [-0.4, -0.2) is 16.4 Å². The van der Waals surface area contributed by atoms with E-state index in [1.165, 1.54) is 4.68 Å². The van der Waals surface area contributed by atoms with Crippen molar-refractivity contribution in [1.29, 1.82) is 0 Å². The third kappa shape index (κ3) is 3.12. The normalized spacial score (nSPS) is 10.8. The second kappa shape index (κ2) is 6.62. The zero-order chi connectivity index (χ0) is 15.4. The molecular formula is C17H15ClN2O2. The zero-order valence-electron chi connectivity index (χ0n) is 11.9. The molecule has 0 aliphatic rings. The molecule has 3 rings (SSSR count). The number of aromatic nitrogens is 2.